The summed E-state index contributed by atoms with van der Waals surface area (Å²) in [6.45, 7) is 2.35. The minimum atomic E-state index is -0.372. The predicted molar refractivity (Wildman–Crippen MR) is 137 cm³/mol. The maximum atomic E-state index is 13.6. The highest BCUT2D eigenvalue weighted by Gasteiger charge is 2.39. The van der Waals surface area contributed by atoms with Crippen LogP contribution in [0.3, 0.4) is 0 Å². The number of Topliss-reactive ketones (excluding diaryl/α,β-unsaturated/α-hetero) is 1. The van der Waals surface area contributed by atoms with Crippen molar-refractivity contribution in [2.75, 3.05) is 35.0 Å². The van der Waals surface area contributed by atoms with Crippen molar-refractivity contribution in [3.63, 3.8) is 0 Å². The van der Waals surface area contributed by atoms with Gasteiger partial charge in [0.25, 0.3) is 0 Å². The van der Waals surface area contributed by atoms with Gasteiger partial charge in [0.1, 0.15) is 0 Å². The number of carbonyl (C=O) groups excluding carboxylic acids is 2. The number of methoxy groups -OCH3 is 4. The first-order valence-corrected chi connectivity index (χ1v) is 12.5. The van der Waals surface area contributed by atoms with E-state index in [0.717, 1.165) is 11.1 Å². The number of allylic oxidation sites excluding steroid dienone is 2. The highest BCUT2D eigenvalue weighted by atomic mass is 79.9. The molecule has 4 rings (SSSR count). The van der Waals surface area contributed by atoms with Crippen molar-refractivity contribution < 1.29 is 33.3 Å². The molecule has 0 fully saturated rings. The zero-order valence-electron chi connectivity index (χ0n) is 21.0. The smallest absolute Gasteiger partial charge is 0.225 e. The Morgan fingerprint density at radius 2 is 1.47 bits per heavy atom. The number of hydrogen-bond acceptors (Lipinski definition) is 7. The fourth-order valence-electron chi connectivity index (χ4n) is 5.07. The second kappa shape index (κ2) is 10.8. The van der Waals surface area contributed by atoms with Crippen LogP contribution in [0.1, 0.15) is 49.1 Å². The number of ketones is 1. The van der Waals surface area contributed by atoms with E-state index in [-0.39, 0.29) is 29.9 Å². The van der Waals surface area contributed by atoms with E-state index in [0.29, 0.717) is 63.9 Å². The van der Waals surface area contributed by atoms with Crippen LogP contribution in [0.25, 0.3) is 0 Å². The van der Waals surface area contributed by atoms with Gasteiger partial charge in [-0.2, -0.15) is 0 Å². The number of amides is 1. The van der Waals surface area contributed by atoms with E-state index in [1.54, 1.807) is 28.4 Å². The minimum absolute atomic E-state index is 0.00454. The lowest BCUT2D eigenvalue weighted by Gasteiger charge is -2.35. The first-order valence-electron chi connectivity index (χ1n) is 11.7. The maximum Gasteiger partial charge on any atom is 0.225 e. The van der Waals surface area contributed by atoms with Gasteiger partial charge in [0, 0.05) is 30.0 Å². The number of benzene rings is 2. The Labute approximate surface area is 219 Å². The van der Waals surface area contributed by atoms with Crippen molar-refractivity contribution in [1.82, 2.24) is 5.32 Å². The second-order valence-corrected chi connectivity index (χ2v) is 9.51. The fraction of sp³-hybridized carbons (Fsp3) is 0.407. The molecular formula is C27H30BrNO7. The minimum Gasteiger partial charge on any atom is -0.493 e. The van der Waals surface area contributed by atoms with Crippen molar-refractivity contribution in [2.45, 2.75) is 38.0 Å². The van der Waals surface area contributed by atoms with Crippen LogP contribution in [0.4, 0.5) is 0 Å². The molecule has 8 nitrogen and oxygen atoms in total. The molecule has 2 aromatic carbocycles. The summed E-state index contributed by atoms with van der Waals surface area (Å²) < 4.78 is 28.4. The van der Waals surface area contributed by atoms with Gasteiger partial charge in [-0.05, 0) is 70.6 Å². The van der Waals surface area contributed by atoms with Gasteiger partial charge in [-0.25, -0.2) is 0 Å². The van der Waals surface area contributed by atoms with Crippen LogP contribution in [-0.2, 0) is 9.59 Å². The van der Waals surface area contributed by atoms with E-state index in [2.05, 4.69) is 21.2 Å². The summed E-state index contributed by atoms with van der Waals surface area (Å²) in [6.07, 6.45) is 1.00. The van der Waals surface area contributed by atoms with Gasteiger partial charge >= 0.3 is 0 Å². The molecule has 0 radical (unpaired) electrons. The maximum absolute atomic E-state index is 13.6. The first-order chi connectivity index (χ1) is 17.3. The molecule has 0 saturated heterocycles. The monoisotopic (exact) mass is 559 g/mol. The average Bonchev–Trinajstić information content (AvgIpc) is 2.86. The SMILES string of the molecule is CCOc1cc(C2CC(=O)NC3=C2C(=O)CC(c2cc(OC)c(OC)c(OC)c2)C3)cc(Br)c1OC. The van der Waals surface area contributed by atoms with E-state index in [1.165, 1.54) is 0 Å². The molecule has 9 heteroatoms. The Morgan fingerprint density at radius 1 is 0.833 bits per heavy atom. The molecule has 1 amide bonds. The average molecular weight is 560 g/mol. The topological polar surface area (TPSA) is 92.3 Å². The second-order valence-electron chi connectivity index (χ2n) is 8.65. The fourth-order valence-corrected chi connectivity index (χ4v) is 5.69. The van der Waals surface area contributed by atoms with E-state index in [9.17, 15) is 9.59 Å². The molecule has 1 aliphatic carbocycles. The third-order valence-electron chi connectivity index (χ3n) is 6.63. The van der Waals surface area contributed by atoms with E-state index < -0.39 is 0 Å². The zero-order valence-corrected chi connectivity index (χ0v) is 22.6. The summed E-state index contributed by atoms with van der Waals surface area (Å²) in [5, 5.41) is 2.97. The molecule has 2 unspecified atom stereocenters. The number of ether oxygens (including phenoxy) is 5. The third-order valence-corrected chi connectivity index (χ3v) is 7.22. The van der Waals surface area contributed by atoms with E-state index in [4.69, 9.17) is 23.7 Å². The lowest BCUT2D eigenvalue weighted by Crippen LogP contribution is -2.38. The summed E-state index contributed by atoms with van der Waals surface area (Å²) in [5.41, 5.74) is 3.02. The summed E-state index contributed by atoms with van der Waals surface area (Å²) in [7, 11) is 6.24. The highest BCUT2D eigenvalue weighted by Crippen LogP contribution is 2.48. The Kier molecular flexibility index (Phi) is 7.78. The summed E-state index contributed by atoms with van der Waals surface area (Å²) in [6, 6.07) is 7.48. The standard InChI is InChI=1S/C27H30BrNO7/c1-6-36-23-12-16(7-18(28)26(23)34-4)17-13-24(31)29-19-8-14(9-20(30)25(17)19)15-10-21(32-2)27(35-5)22(11-15)33-3/h7,10-12,14,17H,6,8-9,13H2,1-5H3,(H,29,31). The van der Waals surface area contributed by atoms with Crippen LogP contribution in [0, 0.1) is 0 Å². The largest absolute Gasteiger partial charge is 0.493 e. The van der Waals surface area contributed by atoms with Crippen molar-refractivity contribution >= 4 is 27.6 Å². The molecule has 2 aromatic rings. The molecule has 1 aliphatic heterocycles. The van der Waals surface area contributed by atoms with Crippen molar-refractivity contribution in [2.24, 2.45) is 0 Å². The Balaban J connectivity index is 1.74. The normalized spacial score (nSPS) is 19.4. The molecule has 0 saturated carbocycles. The summed E-state index contributed by atoms with van der Waals surface area (Å²) in [4.78, 5) is 26.4. The van der Waals surface area contributed by atoms with Gasteiger partial charge in [0.15, 0.2) is 28.8 Å². The van der Waals surface area contributed by atoms with Gasteiger partial charge in [0.2, 0.25) is 11.7 Å². The molecule has 2 atom stereocenters. The van der Waals surface area contributed by atoms with Crippen LogP contribution in [0.5, 0.6) is 28.7 Å². The van der Waals surface area contributed by atoms with Gasteiger partial charge in [0.05, 0.1) is 39.5 Å². The Hall–Kier alpha value is -3.20. The quantitative estimate of drug-likeness (QED) is 0.492. The van der Waals surface area contributed by atoms with Crippen LogP contribution in [-0.4, -0.2) is 46.7 Å². The summed E-state index contributed by atoms with van der Waals surface area (Å²) in [5.74, 6) is 2.05. The lowest BCUT2D eigenvalue weighted by molar-refractivity contribution is -0.122. The van der Waals surface area contributed by atoms with Gasteiger partial charge < -0.3 is 29.0 Å². The molecule has 1 N–H and O–H groups in total. The molecule has 1 heterocycles. The van der Waals surface area contributed by atoms with Crippen molar-refractivity contribution in [3.8, 4) is 28.7 Å². The van der Waals surface area contributed by atoms with Crippen LogP contribution >= 0.6 is 15.9 Å². The van der Waals surface area contributed by atoms with Gasteiger partial charge in [-0.3, -0.25) is 9.59 Å². The van der Waals surface area contributed by atoms with Crippen LogP contribution < -0.4 is 29.0 Å². The molecule has 2 aliphatic rings. The number of halogens is 1. The Morgan fingerprint density at radius 3 is 2.06 bits per heavy atom. The van der Waals surface area contributed by atoms with Crippen LogP contribution in [0.15, 0.2) is 40.0 Å². The first kappa shape index (κ1) is 25.9. The molecule has 0 bridgehead atoms. The van der Waals surface area contributed by atoms with E-state index in [1.807, 2.05) is 31.2 Å². The number of rotatable bonds is 8. The van der Waals surface area contributed by atoms with Crippen molar-refractivity contribution in [3.05, 3.63) is 51.1 Å². The molecular weight excluding hydrogens is 530 g/mol. The third kappa shape index (κ3) is 4.76. The van der Waals surface area contributed by atoms with Crippen LogP contribution in [0.2, 0.25) is 0 Å². The zero-order chi connectivity index (χ0) is 26.0. The van der Waals surface area contributed by atoms with Gasteiger partial charge in [-0.1, -0.05) is 0 Å². The molecule has 0 spiro atoms. The lowest BCUT2D eigenvalue weighted by atomic mass is 9.73. The molecule has 192 valence electrons. The number of hydrogen-bond donors (Lipinski definition) is 1. The molecule has 36 heavy (non-hydrogen) atoms. The van der Waals surface area contributed by atoms with Crippen molar-refractivity contribution in [1.29, 1.82) is 0 Å². The Bertz CT molecular complexity index is 1200. The predicted octanol–water partition coefficient (Wildman–Crippen LogP) is 4.89. The highest BCUT2D eigenvalue weighted by molar-refractivity contribution is 9.10. The van der Waals surface area contributed by atoms with E-state index >= 15 is 0 Å². The number of carbonyl (C=O) groups is 2. The molecule has 0 aromatic heterocycles. The number of nitrogens with one attached hydrogen (secondary N) is 1. The van der Waals surface area contributed by atoms with Gasteiger partial charge in [-0.15, -0.1) is 0 Å². The summed E-state index contributed by atoms with van der Waals surface area (Å²) >= 11 is 3.55.